The van der Waals surface area contributed by atoms with Gasteiger partial charge in [-0.05, 0) is 0 Å². The number of hydrogen-bond donors (Lipinski definition) is 12. The molecule has 0 saturated carbocycles. The minimum atomic E-state index is -2.20. The average Bonchev–Trinajstić information content (AvgIpc) is 2.62. The van der Waals surface area contributed by atoms with Crippen molar-refractivity contribution in [3.8, 4) is 0 Å². The molecular weight excluding hydrogens is 407 g/mol. The number of carboxylic acid groups (broad SMARTS) is 2. The van der Waals surface area contributed by atoms with Crippen LogP contribution in [0.4, 0.5) is 0 Å². The second-order valence-electron chi connectivity index (χ2n) is 5.03. The van der Waals surface area contributed by atoms with Gasteiger partial charge in [0.1, 0.15) is 36.6 Å². The summed E-state index contributed by atoms with van der Waals surface area (Å²) in [6.45, 7) is -1.69. The van der Waals surface area contributed by atoms with Gasteiger partial charge < -0.3 is 61.3 Å². The molecule has 157 valence electrons. The van der Waals surface area contributed by atoms with Crippen LogP contribution in [0.15, 0.2) is 0 Å². The van der Waals surface area contributed by atoms with Crippen molar-refractivity contribution >= 4 is 63.3 Å². The third kappa shape index (κ3) is 11.7. The molecule has 8 atom stereocenters. The molecule has 14 nitrogen and oxygen atoms in total. The van der Waals surface area contributed by atoms with E-state index in [2.05, 4.69) is 0 Å². The van der Waals surface area contributed by atoms with Gasteiger partial charge in [-0.15, -0.1) is 0 Å². The summed E-state index contributed by atoms with van der Waals surface area (Å²) in [6.07, 6.45) is -15.7. The zero-order valence-corrected chi connectivity index (χ0v) is 17.3. The first-order valence-electron chi connectivity index (χ1n) is 6.95. The fourth-order valence-electron chi connectivity index (χ4n) is 1.34. The Bertz CT molecular complexity index is 385. The van der Waals surface area contributed by atoms with Crippen LogP contribution in [-0.4, -0.2) is 187 Å². The second kappa shape index (κ2) is 16.0. The molecule has 0 saturated heterocycles. The van der Waals surface area contributed by atoms with E-state index in [0.717, 1.165) is 0 Å². The molecule has 0 rings (SSSR count). The topological polar surface area (TPSA) is 277 Å². The van der Waals surface area contributed by atoms with Gasteiger partial charge in [0.05, 0.1) is 13.2 Å². The van der Waals surface area contributed by atoms with Crippen LogP contribution in [0.2, 0.25) is 0 Å². The van der Waals surface area contributed by atoms with Gasteiger partial charge in [0.25, 0.3) is 0 Å². The first-order valence-corrected chi connectivity index (χ1v) is 6.95. The van der Waals surface area contributed by atoms with Gasteiger partial charge in [-0.3, -0.25) is 0 Å². The van der Waals surface area contributed by atoms with Gasteiger partial charge in [-0.2, -0.15) is 0 Å². The molecule has 0 spiro atoms. The number of aliphatic hydroxyl groups excluding tert-OH is 10. The largest absolute Gasteiger partial charge is 0.479 e. The van der Waals surface area contributed by atoms with E-state index in [4.69, 9.17) is 61.3 Å². The van der Waals surface area contributed by atoms with E-state index in [9.17, 15) is 9.59 Å². The Morgan fingerprint density at radius 2 is 0.778 bits per heavy atom. The maximum Gasteiger partial charge on any atom is 0.335 e. The minimum absolute atomic E-state index is 0. The quantitative estimate of drug-likeness (QED) is 0.143. The van der Waals surface area contributed by atoms with Crippen molar-refractivity contribution in [3.05, 3.63) is 0 Å². The maximum absolute atomic E-state index is 10.1. The average molecular weight is 431 g/mol. The van der Waals surface area contributed by atoms with E-state index in [0.29, 0.717) is 0 Å². The van der Waals surface area contributed by atoms with Crippen LogP contribution in [0.1, 0.15) is 0 Å². The number of hydrogen-bond acceptors (Lipinski definition) is 12. The summed E-state index contributed by atoms with van der Waals surface area (Å²) in [4.78, 5) is 20.2. The molecule has 15 heteroatoms. The van der Waals surface area contributed by atoms with E-state index in [1.807, 2.05) is 0 Å². The molecule has 0 aromatic heterocycles. The Hall–Kier alpha value is 0.176. The maximum atomic E-state index is 10.1. The van der Waals surface area contributed by atoms with Crippen LogP contribution < -0.4 is 0 Å². The summed E-state index contributed by atoms with van der Waals surface area (Å²) in [5, 5.41) is 104. The zero-order valence-electron chi connectivity index (χ0n) is 14.2. The normalized spacial score (nSPS) is 19.6. The van der Waals surface area contributed by atoms with Gasteiger partial charge >= 0.3 is 11.9 Å². The van der Waals surface area contributed by atoms with Crippen LogP contribution >= 0.6 is 0 Å². The molecule has 0 heterocycles. The van der Waals surface area contributed by atoms with Crippen molar-refractivity contribution in [1.29, 1.82) is 0 Å². The number of carbonyl (C=O) groups is 2. The van der Waals surface area contributed by atoms with Crippen molar-refractivity contribution in [2.24, 2.45) is 0 Å². The Morgan fingerprint density at radius 3 is 0.926 bits per heavy atom. The van der Waals surface area contributed by atoms with E-state index in [-0.39, 0.29) is 51.4 Å². The smallest absolute Gasteiger partial charge is 0.335 e. The first kappa shape index (κ1) is 31.9. The van der Waals surface area contributed by atoms with Gasteiger partial charge in [0, 0.05) is 51.4 Å². The molecular formula is C12H24KO14. The molecule has 12 N–H and O–H groups in total. The minimum Gasteiger partial charge on any atom is -0.479 e. The predicted octanol–water partition coefficient (Wildman–Crippen LogP) is -7.37. The van der Waals surface area contributed by atoms with E-state index >= 15 is 0 Å². The summed E-state index contributed by atoms with van der Waals surface area (Å²) in [5.41, 5.74) is 0. The van der Waals surface area contributed by atoms with Crippen molar-refractivity contribution in [3.63, 3.8) is 0 Å². The molecule has 27 heavy (non-hydrogen) atoms. The molecule has 0 aromatic rings. The van der Waals surface area contributed by atoms with E-state index in [1.54, 1.807) is 0 Å². The number of aliphatic carboxylic acids is 2. The monoisotopic (exact) mass is 431 g/mol. The fourth-order valence-corrected chi connectivity index (χ4v) is 1.34. The summed E-state index contributed by atoms with van der Waals surface area (Å²) < 4.78 is 0. The fraction of sp³-hybridized carbons (Fsp3) is 0.833. The molecule has 1 radical (unpaired) electrons. The molecule has 0 bridgehead atoms. The van der Waals surface area contributed by atoms with Crippen LogP contribution in [0, 0.1) is 0 Å². The van der Waals surface area contributed by atoms with Crippen molar-refractivity contribution in [2.45, 2.75) is 48.8 Å². The van der Waals surface area contributed by atoms with Crippen LogP contribution in [0.5, 0.6) is 0 Å². The van der Waals surface area contributed by atoms with Crippen molar-refractivity contribution < 1.29 is 70.9 Å². The third-order valence-electron chi connectivity index (χ3n) is 3.02. The summed E-state index contributed by atoms with van der Waals surface area (Å²) >= 11 is 0. The van der Waals surface area contributed by atoms with Gasteiger partial charge in [0.2, 0.25) is 0 Å². The number of carboxylic acids is 2. The number of rotatable bonds is 10. The third-order valence-corrected chi connectivity index (χ3v) is 3.02. The molecule has 0 aliphatic heterocycles. The molecule has 0 unspecified atom stereocenters. The Kier molecular flexibility index (Phi) is 18.9. The Balaban J connectivity index is -0.000000411. The standard InChI is InChI=1S/2C6H12O7.K/c2*7-1-2(8)3(9)4(10)5(11)6(12)13;/h2*2-5,7-11H,1H2,(H,12,13);/t2*2-,3+,4-,5-;/m11./s1. The Morgan fingerprint density at radius 1 is 0.556 bits per heavy atom. The molecule has 0 aliphatic rings. The van der Waals surface area contributed by atoms with E-state index < -0.39 is 74.0 Å². The van der Waals surface area contributed by atoms with Crippen LogP contribution in [0.25, 0.3) is 0 Å². The predicted molar refractivity (Wildman–Crippen MR) is 83.3 cm³/mol. The van der Waals surface area contributed by atoms with Crippen molar-refractivity contribution in [1.82, 2.24) is 0 Å². The Labute approximate surface area is 195 Å². The summed E-state index contributed by atoms with van der Waals surface area (Å²) in [7, 11) is 0. The second-order valence-corrected chi connectivity index (χ2v) is 5.03. The van der Waals surface area contributed by atoms with Gasteiger partial charge in [-0.1, -0.05) is 0 Å². The van der Waals surface area contributed by atoms with E-state index in [1.165, 1.54) is 0 Å². The molecule has 0 aromatic carbocycles. The zero-order chi connectivity index (χ0) is 21.2. The van der Waals surface area contributed by atoms with Crippen LogP contribution in [0.3, 0.4) is 0 Å². The van der Waals surface area contributed by atoms with Crippen molar-refractivity contribution in [2.75, 3.05) is 13.2 Å². The van der Waals surface area contributed by atoms with Gasteiger partial charge in [0.15, 0.2) is 12.2 Å². The van der Waals surface area contributed by atoms with Gasteiger partial charge in [-0.25, -0.2) is 9.59 Å². The molecule has 0 aliphatic carbocycles. The molecule has 0 amide bonds. The number of aliphatic hydroxyl groups is 10. The molecule has 0 fully saturated rings. The SMILES string of the molecule is O=C(O)[C@H](O)[C@H](O)[C@@H](O)[C@H](O)CO.O=C(O)[C@H](O)[C@H](O)[C@@H](O)[C@H](O)CO.[K]. The first-order chi connectivity index (χ1) is 11.8. The summed E-state index contributed by atoms with van der Waals surface area (Å²) in [5.74, 6) is -3.45. The van der Waals surface area contributed by atoms with Crippen LogP contribution in [-0.2, 0) is 9.59 Å². The summed E-state index contributed by atoms with van der Waals surface area (Å²) in [6, 6.07) is 0.